The second kappa shape index (κ2) is 37.4. The topological polar surface area (TPSA) is 300 Å². The number of rotatable bonds is 36. The third-order valence-electron chi connectivity index (χ3n) is 13.5. The molecule has 5 atom stereocenters. The first kappa shape index (κ1) is 67.1. The number of amides is 4. The van der Waals surface area contributed by atoms with E-state index in [9.17, 15) is 47.9 Å². The number of esters is 6. The molecule has 21 heteroatoms. The molecule has 0 aliphatic carbocycles. The molecule has 21 nitrogen and oxygen atoms in total. The molecule has 6 N–H and O–H groups in total. The predicted molar refractivity (Wildman–Crippen MR) is 319 cm³/mol. The molecule has 0 saturated carbocycles. The van der Waals surface area contributed by atoms with E-state index >= 15 is 0 Å². The van der Waals surface area contributed by atoms with E-state index in [1.54, 1.807) is 170 Å². The number of hydrogen-bond acceptors (Lipinski definition) is 17. The van der Waals surface area contributed by atoms with Gasteiger partial charge in [-0.2, -0.15) is 0 Å². The van der Waals surface area contributed by atoms with Crippen molar-refractivity contribution in [3.63, 3.8) is 0 Å². The maximum atomic E-state index is 14.3. The van der Waals surface area contributed by atoms with Gasteiger partial charge in [-0.15, -0.1) is 0 Å². The summed E-state index contributed by atoms with van der Waals surface area (Å²) in [5.41, 5.74) is 10.5. The van der Waals surface area contributed by atoms with Crippen molar-refractivity contribution in [1.82, 2.24) is 21.3 Å². The van der Waals surface area contributed by atoms with Gasteiger partial charge >= 0.3 is 35.8 Å². The van der Waals surface area contributed by atoms with Crippen LogP contribution in [-0.4, -0.2) is 89.7 Å². The third kappa shape index (κ3) is 25.7. The minimum Gasteiger partial charge on any atom is -0.461 e. The molecule has 0 radical (unpaired) electrons. The van der Waals surface area contributed by atoms with E-state index in [-0.39, 0.29) is 91.0 Å². The molecule has 0 bridgehead atoms. The van der Waals surface area contributed by atoms with Gasteiger partial charge < -0.3 is 55.4 Å². The highest BCUT2D eigenvalue weighted by Gasteiger charge is 2.32. The number of nitrogens with two attached hydrogens (primary N) is 1. The van der Waals surface area contributed by atoms with Crippen LogP contribution >= 0.6 is 0 Å². The fourth-order valence-corrected chi connectivity index (χ4v) is 8.49. The number of nitrogens with one attached hydrogen (secondary N) is 4. The summed E-state index contributed by atoms with van der Waals surface area (Å²) in [6.07, 6.45) is -3.54. The zero-order valence-electron chi connectivity index (χ0n) is 48.6. The molecule has 0 fully saturated rings. The smallest absolute Gasteiger partial charge is 0.328 e. The van der Waals surface area contributed by atoms with E-state index in [2.05, 4.69) is 21.3 Å². The Morgan fingerprint density at radius 1 is 0.284 bits per heavy atom. The number of benzene rings is 6. The average molecular weight is 1200 g/mol. The second-order valence-corrected chi connectivity index (χ2v) is 20.4. The molecule has 5 unspecified atom stereocenters. The molecule has 0 aliphatic heterocycles. The van der Waals surface area contributed by atoms with Crippen LogP contribution in [0, 0.1) is 0 Å². The van der Waals surface area contributed by atoms with Crippen LogP contribution in [0.2, 0.25) is 0 Å². The van der Waals surface area contributed by atoms with Crippen LogP contribution in [0.1, 0.15) is 97.6 Å². The largest absolute Gasteiger partial charge is 0.461 e. The van der Waals surface area contributed by atoms with Crippen LogP contribution in [-0.2, 0) is 116 Å². The minimum atomic E-state index is -1.54. The molecule has 0 aliphatic rings. The van der Waals surface area contributed by atoms with Crippen molar-refractivity contribution in [3.8, 4) is 0 Å². The highest BCUT2D eigenvalue weighted by molar-refractivity contribution is 5.94. The molecule has 4 amide bonds. The van der Waals surface area contributed by atoms with Gasteiger partial charge in [0.25, 0.3) is 0 Å². The first-order valence-corrected chi connectivity index (χ1v) is 28.8. The lowest BCUT2D eigenvalue weighted by molar-refractivity contribution is -0.152. The van der Waals surface area contributed by atoms with E-state index in [0.717, 1.165) is 11.1 Å². The predicted octanol–water partition coefficient (Wildman–Crippen LogP) is 6.61. The van der Waals surface area contributed by atoms with Crippen LogP contribution in [0.15, 0.2) is 182 Å². The van der Waals surface area contributed by atoms with Crippen LogP contribution in [0.25, 0.3) is 0 Å². The van der Waals surface area contributed by atoms with E-state index in [4.69, 9.17) is 34.2 Å². The molecule has 6 aromatic rings. The monoisotopic (exact) mass is 1200 g/mol. The number of carbonyl (C=O) groups excluding carboxylic acids is 10. The molecule has 462 valence electrons. The molecule has 88 heavy (non-hydrogen) atoms. The Labute approximate surface area is 510 Å². The Kier molecular flexibility index (Phi) is 28.5. The van der Waals surface area contributed by atoms with E-state index in [0.29, 0.717) is 22.3 Å². The second-order valence-electron chi connectivity index (χ2n) is 20.4. The quantitative estimate of drug-likeness (QED) is 0.0204. The molecule has 0 spiro atoms. The van der Waals surface area contributed by atoms with Crippen molar-refractivity contribution in [2.45, 2.75) is 134 Å². The zero-order chi connectivity index (χ0) is 62.7. The van der Waals surface area contributed by atoms with Crippen molar-refractivity contribution in [1.29, 1.82) is 0 Å². The van der Waals surface area contributed by atoms with Crippen LogP contribution in [0.4, 0.5) is 0 Å². The van der Waals surface area contributed by atoms with E-state index < -0.39 is 102 Å². The van der Waals surface area contributed by atoms with Crippen molar-refractivity contribution in [2.24, 2.45) is 5.73 Å². The summed E-state index contributed by atoms with van der Waals surface area (Å²) < 4.78 is 32.8. The van der Waals surface area contributed by atoms with E-state index in [1.807, 2.05) is 12.1 Å². The SMILES string of the molecule is NC(CCC(=O)NC(CCC(=O)OCc1ccccc1)C(=O)NC(CCC(=O)OCc1ccccc1)C(=O)OCc1ccccc1)C(=O)NC(CCC(=O)OCc1ccccc1)C(=O)NC(CCC(=O)OCc1ccccc1)C(=O)OCc1ccccc1. The summed E-state index contributed by atoms with van der Waals surface area (Å²) in [6.45, 7) is -0.587. The van der Waals surface area contributed by atoms with Gasteiger partial charge in [-0.25, -0.2) is 9.59 Å². The Bertz CT molecular complexity index is 3180. The Hall–Kier alpha value is -10.0. The summed E-state index contributed by atoms with van der Waals surface area (Å²) in [5.74, 6) is -8.23. The minimum absolute atomic E-state index is 0.0394. The van der Waals surface area contributed by atoms with Crippen molar-refractivity contribution in [3.05, 3.63) is 215 Å². The van der Waals surface area contributed by atoms with Gasteiger partial charge in [-0.3, -0.25) is 38.4 Å². The Morgan fingerprint density at radius 3 is 0.807 bits per heavy atom. The van der Waals surface area contributed by atoms with Gasteiger partial charge in [0.1, 0.15) is 63.8 Å². The van der Waals surface area contributed by atoms with Gasteiger partial charge in [-0.05, 0) is 65.5 Å². The normalized spacial score (nSPS) is 12.4. The molecule has 0 heterocycles. The fourth-order valence-electron chi connectivity index (χ4n) is 8.49. The van der Waals surface area contributed by atoms with E-state index in [1.165, 1.54) is 0 Å². The average Bonchev–Trinajstić information content (AvgIpc) is 3.67. The maximum Gasteiger partial charge on any atom is 0.328 e. The van der Waals surface area contributed by atoms with Crippen molar-refractivity contribution in [2.75, 3.05) is 0 Å². The first-order chi connectivity index (χ1) is 42.7. The Morgan fingerprint density at radius 2 is 0.523 bits per heavy atom. The molecular weight excluding hydrogens is 1130 g/mol. The number of hydrogen-bond donors (Lipinski definition) is 5. The molecule has 0 saturated heterocycles. The Balaban J connectivity index is 1.13. The van der Waals surface area contributed by atoms with Gasteiger partial charge in [0.15, 0.2) is 0 Å². The summed E-state index contributed by atoms with van der Waals surface area (Å²) in [5, 5.41) is 10.2. The molecule has 0 aromatic heterocycles. The summed E-state index contributed by atoms with van der Waals surface area (Å²) in [7, 11) is 0. The zero-order valence-corrected chi connectivity index (χ0v) is 48.6. The highest BCUT2D eigenvalue weighted by atomic mass is 16.6. The van der Waals surface area contributed by atoms with Crippen LogP contribution in [0.5, 0.6) is 0 Å². The van der Waals surface area contributed by atoms with Crippen LogP contribution < -0.4 is 27.0 Å². The van der Waals surface area contributed by atoms with Crippen molar-refractivity contribution < 1.29 is 76.4 Å². The number of ether oxygens (including phenoxy) is 6. The molecule has 6 aromatic carbocycles. The first-order valence-electron chi connectivity index (χ1n) is 28.8. The highest BCUT2D eigenvalue weighted by Crippen LogP contribution is 2.14. The third-order valence-corrected chi connectivity index (χ3v) is 13.5. The van der Waals surface area contributed by atoms with Gasteiger partial charge in [-0.1, -0.05) is 182 Å². The lowest BCUT2D eigenvalue weighted by atomic mass is 10.1. The lowest BCUT2D eigenvalue weighted by Gasteiger charge is -2.24. The van der Waals surface area contributed by atoms with Gasteiger partial charge in [0, 0.05) is 32.1 Å². The summed E-state index contributed by atoms with van der Waals surface area (Å²) in [4.78, 5) is 136. The van der Waals surface area contributed by atoms with Crippen LogP contribution in [0.3, 0.4) is 0 Å². The molecule has 6 rings (SSSR count). The van der Waals surface area contributed by atoms with Gasteiger partial charge in [0.2, 0.25) is 23.6 Å². The maximum absolute atomic E-state index is 14.3. The fraction of sp³-hybridized carbons (Fsp3) is 0.313. The standard InChI is InChI=1S/C67H73N5O16/c68-53(63(78)70-55(33-38-60(75)84-42-48-21-9-2-10-22-48)65(80)72-57(67(82)88-46-52-29-17-6-18-30-52)35-40-62(77)86-44-50-25-13-4-14-26-50)31-36-58(73)69-54(32-37-59(74)83-41-47-19-7-1-8-20-47)64(79)71-56(66(81)87-45-51-27-15-5-16-28-51)34-39-61(76)85-43-49-23-11-3-12-24-49/h1-30,53-57H,31-46,68H2,(H,69,73)(H,70,78)(H,71,79)(H,72,80). The van der Waals surface area contributed by atoms with Gasteiger partial charge in [0.05, 0.1) is 6.04 Å². The summed E-state index contributed by atoms with van der Waals surface area (Å²) >= 11 is 0. The lowest BCUT2D eigenvalue weighted by Crippen LogP contribution is -2.55. The molecular formula is C67H73N5O16. The number of carbonyl (C=O) groups is 10. The van der Waals surface area contributed by atoms with Crippen molar-refractivity contribution >= 4 is 59.4 Å². The summed E-state index contributed by atoms with van der Waals surface area (Å²) in [6, 6.07) is 45.5.